The van der Waals surface area contributed by atoms with Crippen LogP contribution < -0.4 is 10.0 Å². The molecule has 2 atom stereocenters. The van der Waals surface area contributed by atoms with Gasteiger partial charge in [-0.05, 0) is 37.1 Å². The van der Waals surface area contributed by atoms with Crippen molar-refractivity contribution in [3.63, 3.8) is 0 Å². The number of benzene rings is 2. The molecule has 0 heterocycles. The predicted octanol–water partition coefficient (Wildman–Crippen LogP) is 3.56. The van der Waals surface area contributed by atoms with Crippen molar-refractivity contribution in [3.05, 3.63) is 65.7 Å². The molecule has 5 nitrogen and oxygen atoms in total. The summed E-state index contributed by atoms with van der Waals surface area (Å²) >= 11 is 1.58. The molecule has 7 heteroatoms. The Morgan fingerprint density at radius 1 is 1.08 bits per heavy atom. The van der Waals surface area contributed by atoms with Crippen LogP contribution in [0.2, 0.25) is 0 Å². The van der Waals surface area contributed by atoms with Crippen LogP contribution in [-0.2, 0) is 20.6 Å². The van der Waals surface area contributed by atoms with Gasteiger partial charge in [0.2, 0.25) is 15.9 Å². The fourth-order valence-corrected chi connectivity index (χ4v) is 3.78. The maximum atomic E-state index is 12.4. The molecule has 2 N–H and O–H groups in total. The van der Waals surface area contributed by atoms with Crippen molar-refractivity contribution in [1.29, 1.82) is 0 Å². The van der Waals surface area contributed by atoms with E-state index in [1.807, 2.05) is 50.2 Å². The minimum absolute atomic E-state index is 0.0418. The molecule has 0 aromatic heterocycles. The second-order valence-corrected chi connectivity index (χ2v) is 9.25. The van der Waals surface area contributed by atoms with Gasteiger partial charge in [0, 0.05) is 11.4 Å². The Labute approximate surface area is 159 Å². The average Bonchev–Trinajstić information content (AvgIpc) is 2.59. The van der Waals surface area contributed by atoms with E-state index in [1.54, 1.807) is 30.0 Å². The summed E-state index contributed by atoms with van der Waals surface area (Å²) in [5.41, 5.74) is 2.51. The molecule has 0 saturated carbocycles. The molecule has 0 aliphatic rings. The van der Waals surface area contributed by atoms with Gasteiger partial charge in [0.05, 0.1) is 17.5 Å². The number of nitrogens with one attached hydrogen (secondary N) is 2. The third kappa shape index (κ3) is 6.72. The number of thioether (sulfide) groups is 1. The van der Waals surface area contributed by atoms with E-state index in [9.17, 15) is 13.2 Å². The first-order chi connectivity index (χ1) is 12.2. The van der Waals surface area contributed by atoms with Crippen LogP contribution in [0.1, 0.15) is 31.0 Å². The topological polar surface area (TPSA) is 75.3 Å². The van der Waals surface area contributed by atoms with Gasteiger partial charge in [-0.3, -0.25) is 9.52 Å². The molecule has 0 aliphatic carbocycles. The number of carbonyl (C=O) groups is 1. The summed E-state index contributed by atoms with van der Waals surface area (Å²) in [7, 11) is -3.33. The zero-order valence-corrected chi connectivity index (χ0v) is 16.7. The summed E-state index contributed by atoms with van der Waals surface area (Å²) in [5.74, 6) is 0.734. The van der Waals surface area contributed by atoms with Crippen LogP contribution in [0.15, 0.2) is 54.6 Å². The molecule has 0 spiro atoms. The molecule has 0 saturated heterocycles. The molecule has 140 valence electrons. The highest BCUT2D eigenvalue weighted by Crippen LogP contribution is 2.21. The summed E-state index contributed by atoms with van der Waals surface area (Å²) in [5, 5.41) is 2.80. The SMILES string of the molecule is CC(SCc1ccccc1)C(=O)NC(C)c1cccc(NS(C)(=O)=O)c1. The molecule has 0 radical (unpaired) electrons. The number of amides is 1. The van der Waals surface area contributed by atoms with Crippen LogP contribution in [0.5, 0.6) is 0 Å². The predicted molar refractivity (Wildman–Crippen MR) is 109 cm³/mol. The number of carbonyl (C=O) groups excluding carboxylic acids is 1. The summed E-state index contributed by atoms with van der Waals surface area (Å²) in [6, 6.07) is 16.8. The maximum absolute atomic E-state index is 12.4. The van der Waals surface area contributed by atoms with E-state index >= 15 is 0 Å². The first-order valence-corrected chi connectivity index (χ1v) is 11.2. The van der Waals surface area contributed by atoms with Crippen molar-refractivity contribution in [1.82, 2.24) is 5.32 Å². The normalized spacial score (nSPS) is 13.7. The van der Waals surface area contributed by atoms with Crippen LogP contribution in [0.25, 0.3) is 0 Å². The zero-order valence-electron chi connectivity index (χ0n) is 15.1. The Kier molecular flexibility index (Phi) is 7.11. The highest BCUT2D eigenvalue weighted by Gasteiger charge is 2.17. The van der Waals surface area contributed by atoms with E-state index in [1.165, 1.54) is 5.56 Å². The molecule has 0 bridgehead atoms. The lowest BCUT2D eigenvalue weighted by molar-refractivity contribution is -0.120. The molecule has 26 heavy (non-hydrogen) atoms. The van der Waals surface area contributed by atoms with Gasteiger partial charge in [-0.15, -0.1) is 11.8 Å². The lowest BCUT2D eigenvalue weighted by atomic mass is 10.1. The Balaban J connectivity index is 1.92. The fraction of sp³-hybridized carbons (Fsp3) is 0.316. The molecular weight excluding hydrogens is 368 g/mol. The van der Waals surface area contributed by atoms with E-state index in [0.717, 1.165) is 17.6 Å². The van der Waals surface area contributed by atoms with Crippen molar-refractivity contribution in [2.75, 3.05) is 11.0 Å². The minimum Gasteiger partial charge on any atom is -0.349 e. The molecule has 0 aliphatic heterocycles. The largest absolute Gasteiger partial charge is 0.349 e. The average molecular weight is 393 g/mol. The molecule has 1 amide bonds. The van der Waals surface area contributed by atoms with E-state index in [4.69, 9.17) is 0 Å². The zero-order chi connectivity index (χ0) is 19.2. The van der Waals surface area contributed by atoms with Crippen molar-refractivity contribution in [2.45, 2.75) is 30.9 Å². The van der Waals surface area contributed by atoms with Gasteiger partial charge in [0.15, 0.2) is 0 Å². The van der Waals surface area contributed by atoms with E-state index in [0.29, 0.717) is 5.69 Å². The Bertz CT molecular complexity index is 839. The van der Waals surface area contributed by atoms with Crippen LogP contribution in [0.4, 0.5) is 5.69 Å². The first-order valence-electron chi connectivity index (χ1n) is 8.28. The van der Waals surface area contributed by atoms with Gasteiger partial charge in [0.25, 0.3) is 0 Å². The highest BCUT2D eigenvalue weighted by molar-refractivity contribution is 7.99. The number of rotatable bonds is 8. The van der Waals surface area contributed by atoms with Crippen molar-refractivity contribution >= 4 is 33.4 Å². The standard InChI is InChI=1S/C19H24N2O3S2/c1-14(17-10-7-11-18(12-17)21-26(3,23)24)20-19(22)15(2)25-13-16-8-5-4-6-9-16/h4-12,14-15,21H,13H2,1-3H3,(H,20,22). The van der Waals surface area contributed by atoms with Crippen molar-refractivity contribution < 1.29 is 13.2 Å². The lowest BCUT2D eigenvalue weighted by Crippen LogP contribution is -2.33. The van der Waals surface area contributed by atoms with Crippen LogP contribution in [0, 0.1) is 0 Å². The number of anilines is 1. The fourth-order valence-electron chi connectivity index (χ4n) is 2.37. The van der Waals surface area contributed by atoms with Gasteiger partial charge in [-0.2, -0.15) is 0 Å². The van der Waals surface area contributed by atoms with Gasteiger partial charge in [0.1, 0.15) is 0 Å². The summed E-state index contributed by atoms with van der Waals surface area (Å²) < 4.78 is 25.2. The van der Waals surface area contributed by atoms with Gasteiger partial charge in [-0.25, -0.2) is 8.42 Å². The Morgan fingerprint density at radius 2 is 1.77 bits per heavy atom. The molecule has 2 rings (SSSR count). The van der Waals surface area contributed by atoms with E-state index < -0.39 is 10.0 Å². The summed E-state index contributed by atoms with van der Waals surface area (Å²) in [6.07, 6.45) is 1.11. The Morgan fingerprint density at radius 3 is 2.42 bits per heavy atom. The minimum atomic E-state index is -3.33. The highest BCUT2D eigenvalue weighted by atomic mass is 32.2. The third-order valence-corrected chi connectivity index (χ3v) is 5.58. The summed E-state index contributed by atoms with van der Waals surface area (Å²) in [6.45, 7) is 3.77. The molecule has 2 aromatic carbocycles. The molecule has 2 aromatic rings. The first kappa shape index (κ1) is 20.3. The number of hydrogen-bond donors (Lipinski definition) is 2. The maximum Gasteiger partial charge on any atom is 0.233 e. The van der Waals surface area contributed by atoms with Crippen molar-refractivity contribution in [3.8, 4) is 0 Å². The van der Waals surface area contributed by atoms with Gasteiger partial charge < -0.3 is 5.32 Å². The van der Waals surface area contributed by atoms with E-state index in [-0.39, 0.29) is 17.2 Å². The second kappa shape index (κ2) is 9.09. The summed E-state index contributed by atoms with van der Waals surface area (Å²) in [4.78, 5) is 12.4. The lowest BCUT2D eigenvalue weighted by Gasteiger charge is -2.18. The van der Waals surface area contributed by atoms with Gasteiger partial charge in [-0.1, -0.05) is 42.5 Å². The Hall–Kier alpha value is -1.99. The second-order valence-electron chi connectivity index (χ2n) is 6.17. The van der Waals surface area contributed by atoms with Crippen molar-refractivity contribution in [2.24, 2.45) is 0 Å². The smallest absolute Gasteiger partial charge is 0.233 e. The number of hydrogen-bond acceptors (Lipinski definition) is 4. The van der Waals surface area contributed by atoms with Crippen LogP contribution in [-0.4, -0.2) is 25.8 Å². The molecule has 2 unspecified atom stereocenters. The molecular formula is C19H24N2O3S2. The quantitative estimate of drug-likeness (QED) is 0.720. The van der Waals surface area contributed by atoms with Crippen LogP contribution in [0.3, 0.4) is 0 Å². The van der Waals surface area contributed by atoms with Crippen LogP contribution >= 0.6 is 11.8 Å². The third-order valence-electron chi connectivity index (χ3n) is 3.76. The molecule has 0 fully saturated rings. The van der Waals surface area contributed by atoms with Gasteiger partial charge >= 0.3 is 0 Å². The monoisotopic (exact) mass is 392 g/mol. The van der Waals surface area contributed by atoms with E-state index in [2.05, 4.69) is 10.0 Å². The number of sulfonamides is 1.